The number of hydrogen-bond donors (Lipinski definition) is 4. The number of carboxylic acid groups (broad SMARTS) is 2. The number of rotatable bonds is 12. The Morgan fingerprint density at radius 2 is 1.21 bits per heavy atom. The quantitative estimate of drug-likeness (QED) is 0.271. The van der Waals surface area contributed by atoms with E-state index in [0.717, 1.165) is 11.1 Å². The van der Waals surface area contributed by atoms with Gasteiger partial charge in [0.2, 0.25) is 11.8 Å². The van der Waals surface area contributed by atoms with Crippen molar-refractivity contribution in [2.75, 3.05) is 0 Å². The number of aryl methyl sites for hydroxylation is 1. The van der Waals surface area contributed by atoms with Crippen molar-refractivity contribution in [3.63, 3.8) is 0 Å². The van der Waals surface area contributed by atoms with Crippen molar-refractivity contribution >= 4 is 23.8 Å². The van der Waals surface area contributed by atoms with Crippen molar-refractivity contribution in [3.05, 3.63) is 108 Å². The number of benzene rings is 3. The third kappa shape index (κ3) is 16.8. The zero-order valence-electron chi connectivity index (χ0n) is 22.3. The predicted molar refractivity (Wildman–Crippen MR) is 151 cm³/mol. The highest BCUT2D eigenvalue weighted by Crippen LogP contribution is 2.04. The first-order valence-corrected chi connectivity index (χ1v) is 12.8. The molecule has 3 aromatic rings. The maximum absolute atomic E-state index is 11.7. The van der Waals surface area contributed by atoms with Gasteiger partial charge >= 0.3 is 11.9 Å². The van der Waals surface area contributed by atoms with Crippen LogP contribution in [-0.2, 0) is 38.4 Å². The van der Waals surface area contributed by atoms with E-state index >= 15 is 0 Å². The Morgan fingerprint density at radius 3 is 1.62 bits per heavy atom. The molecule has 0 fully saturated rings. The number of carbonyl (C=O) groups excluding carboxylic acids is 2. The summed E-state index contributed by atoms with van der Waals surface area (Å²) in [5.74, 6) is -2.96. The van der Waals surface area contributed by atoms with E-state index in [2.05, 4.69) is 42.6 Å². The molecule has 0 aromatic heterocycles. The fraction of sp³-hybridized carbons (Fsp3) is 0.290. The Morgan fingerprint density at radius 1 is 0.744 bits per heavy atom. The molecule has 8 nitrogen and oxygen atoms in total. The molecule has 3 rings (SSSR count). The highest BCUT2D eigenvalue weighted by Gasteiger charge is 2.20. The summed E-state index contributed by atoms with van der Waals surface area (Å²) >= 11 is 0. The van der Waals surface area contributed by atoms with Crippen LogP contribution in [-0.4, -0.2) is 40.0 Å². The molecule has 5 N–H and O–H groups in total. The number of hydrogen-bond acceptors (Lipinski definition) is 4. The van der Waals surface area contributed by atoms with Crippen LogP contribution in [0.5, 0.6) is 0 Å². The maximum atomic E-state index is 11.7. The minimum Gasteiger partial charge on any atom is -0.481 e. The Kier molecular flexibility index (Phi) is 16.4. The van der Waals surface area contributed by atoms with E-state index in [9.17, 15) is 19.2 Å². The molecule has 0 radical (unpaired) electrons. The second-order valence-electron chi connectivity index (χ2n) is 8.77. The number of carbonyl (C=O) groups is 4. The van der Waals surface area contributed by atoms with Crippen LogP contribution < -0.4 is 11.1 Å². The molecule has 3 aromatic carbocycles. The van der Waals surface area contributed by atoms with Crippen LogP contribution in [0.4, 0.5) is 0 Å². The van der Waals surface area contributed by atoms with Crippen LogP contribution in [0.1, 0.15) is 49.3 Å². The van der Waals surface area contributed by atoms with Gasteiger partial charge in [0.25, 0.3) is 0 Å². The van der Waals surface area contributed by atoms with Crippen LogP contribution in [0.15, 0.2) is 91.0 Å². The smallest absolute Gasteiger partial charge is 0.326 e. The summed E-state index contributed by atoms with van der Waals surface area (Å²) in [6.45, 7) is 2.23. The first-order valence-electron chi connectivity index (χ1n) is 12.8. The molecular formula is C31H38N2O6. The molecular weight excluding hydrogens is 496 g/mol. The summed E-state index contributed by atoms with van der Waals surface area (Å²) in [5.41, 5.74) is 8.05. The number of carboxylic acids is 2. The summed E-state index contributed by atoms with van der Waals surface area (Å²) in [6, 6.07) is 27.7. The van der Waals surface area contributed by atoms with E-state index < -0.39 is 29.8 Å². The molecule has 1 atom stereocenters. The fourth-order valence-electron chi connectivity index (χ4n) is 3.37. The van der Waals surface area contributed by atoms with Crippen molar-refractivity contribution < 1.29 is 29.4 Å². The van der Waals surface area contributed by atoms with Crippen LogP contribution in [0.3, 0.4) is 0 Å². The van der Waals surface area contributed by atoms with E-state index in [-0.39, 0.29) is 25.7 Å². The van der Waals surface area contributed by atoms with Gasteiger partial charge in [-0.15, -0.1) is 0 Å². The third-order valence-electron chi connectivity index (χ3n) is 5.38. The molecule has 0 heterocycles. The minimum absolute atomic E-state index is 0.00873. The lowest BCUT2D eigenvalue weighted by Gasteiger charge is -2.13. The monoisotopic (exact) mass is 534 g/mol. The lowest BCUT2D eigenvalue weighted by molar-refractivity contribution is -0.142. The molecule has 39 heavy (non-hydrogen) atoms. The van der Waals surface area contributed by atoms with Crippen molar-refractivity contribution in [1.29, 1.82) is 0 Å². The Labute approximate surface area is 229 Å². The third-order valence-corrected chi connectivity index (χ3v) is 5.38. The van der Waals surface area contributed by atoms with E-state index in [1.807, 2.05) is 24.3 Å². The molecule has 0 bridgehead atoms. The molecule has 0 aliphatic rings. The summed E-state index contributed by atoms with van der Waals surface area (Å²) in [7, 11) is 0. The predicted octanol–water partition coefficient (Wildman–Crippen LogP) is 4.41. The molecule has 0 unspecified atom stereocenters. The molecule has 0 spiro atoms. The van der Waals surface area contributed by atoms with Crippen LogP contribution >= 0.6 is 0 Å². The zero-order valence-corrected chi connectivity index (χ0v) is 22.3. The fourth-order valence-corrected chi connectivity index (χ4v) is 3.37. The largest absolute Gasteiger partial charge is 0.481 e. The van der Waals surface area contributed by atoms with Crippen LogP contribution in [0, 0.1) is 0 Å². The number of aliphatic carboxylic acids is 2. The molecule has 0 aliphatic heterocycles. The van der Waals surface area contributed by atoms with E-state index in [0.29, 0.717) is 0 Å². The number of amides is 2. The normalized spacial score (nSPS) is 10.5. The first-order chi connectivity index (χ1) is 18.7. The highest BCUT2D eigenvalue weighted by molar-refractivity contribution is 5.85. The maximum Gasteiger partial charge on any atom is 0.326 e. The van der Waals surface area contributed by atoms with Gasteiger partial charge in [-0.1, -0.05) is 104 Å². The zero-order chi connectivity index (χ0) is 28.9. The van der Waals surface area contributed by atoms with Gasteiger partial charge in [0, 0.05) is 6.42 Å². The number of primary amides is 1. The average molecular weight is 535 g/mol. The van der Waals surface area contributed by atoms with Crippen LogP contribution in [0.25, 0.3) is 0 Å². The van der Waals surface area contributed by atoms with Crippen molar-refractivity contribution in [2.24, 2.45) is 5.73 Å². The van der Waals surface area contributed by atoms with Crippen molar-refractivity contribution in [1.82, 2.24) is 5.32 Å². The van der Waals surface area contributed by atoms with Gasteiger partial charge in [-0.3, -0.25) is 14.4 Å². The molecule has 8 heteroatoms. The van der Waals surface area contributed by atoms with E-state index in [1.54, 1.807) is 36.4 Å². The van der Waals surface area contributed by atoms with Gasteiger partial charge in [-0.25, -0.2) is 4.79 Å². The Balaban J connectivity index is 0.000000320. The lowest BCUT2D eigenvalue weighted by atomic mass is 10.1. The highest BCUT2D eigenvalue weighted by atomic mass is 16.4. The Hall–Kier alpha value is -4.46. The summed E-state index contributed by atoms with van der Waals surface area (Å²) in [6.07, 6.45) is 3.95. The topological polar surface area (TPSA) is 147 Å². The van der Waals surface area contributed by atoms with Gasteiger partial charge in [0.15, 0.2) is 0 Å². The first kappa shape index (κ1) is 32.6. The number of nitrogens with two attached hydrogens (primary N) is 1. The van der Waals surface area contributed by atoms with Gasteiger partial charge in [0.05, 0.1) is 12.8 Å². The summed E-state index contributed by atoms with van der Waals surface area (Å²) in [4.78, 5) is 43.4. The summed E-state index contributed by atoms with van der Waals surface area (Å²) < 4.78 is 0. The Bertz CT molecular complexity index is 1120. The van der Waals surface area contributed by atoms with Gasteiger partial charge in [-0.2, -0.15) is 0 Å². The second kappa shape index (κ2) is 19.6. The van der Waals surface area contributed by atoms with Gasteiger partial charge in [0.1, 0.15) is 6.04 Å². The van der Waals surface area contributed by atoms with E-state index in [1.165, 1.54) is 24.8 Å². The van der Waals surface area contributed by atoms with Crippen molar-refractivity contribution in [2.45, 2.75) is 57.9 Å². The average Bonchev–Trinajstić information content (AvgIpc) is 2.92. The van der Waals surface area contributed by atoms with Gasteiger partial charge in [-0.05, 0) is 36.0 Å². The van der Waals surface area contributed by atoms with Crippen LogP contribution in [0.2, 0.25) is 0 Å². The second-order valence-corrected chi connectivity index (χ2v) is 8.77. The molecule has 2 amide bonds. The molecule has 0 saturated heterocycles. The van der Waals surface area contributed by atoms with Gasteiger partial charge < -0.3 is 21.3 Å². The molecule has 208 valence electrons. The number of unbranched alkanes of at least 4 members (excludes halogenated alkanes) is 1. The molecule has 0 saturated carbocycles. The van der Waals surface area contributed by atoms with Crippen molar-refractivity contribution in [3.8, 4) is 0 Å². The standard InChI is InChI=1S/C13H16N2O4.C10H14.C8H8O2/c14-11(16)7-6-10(13(18)19)15-12(17)8-9-4-2-1-3-5-9;1-2-3-7-10-8-5-4-6-9-10;9-8(10)6-7-4-2-1-3-5-7/h1-5,10H,6-8H2,(H2,14,16)(H,15,17)(H,18,19);4-6,8-9H,2-3,7H2,1H3;1-5H,6H2,(H,9,10)/t10-;;/m0../s1. The SMILES string of the molecule is CCCCc1ccccc1.NC(=O)CC[C@H](NC(=O)Cc1ccccc1)C(=O)O.O=C(O)Cc1ccccc1. The van der Waals surface area contributed by atoms with E-state index in [4.69, 9.17) is 15.9 Å². The minimum atomic E-state index is -1.18. The summed E-state index contributed by atoms with van der Waals surface area (Å²) in [5, 5.41) is 19.7. The molecule has 0 aliphatic carbocycles. The number of nitrogens with one attached hydrogen (secondary N) is 1. The lowest BCUT2D eigenvalue weighted by Crippen LogP contribution is -2.42.